The molecule has 0 bridgehead atoms. The normalized spacial score (nSPS) is 29.1. The van der Waals surface area contributed by atoms with Crippen molar-refractivity contribution in [2.75, 3.05) is 32.1 Å². The fraction of sp³-hybridized carbons (Fsp3) is 0.750. The Morgan fingerprint density at radius 2 is 2.24 bits per heavy atom. The van der Waals surface area contributed by atoms with E-state index in [0.29, 0.717) is 17.5 Å². The van der Waals surface area contributed by atoms with Crippen molar-refractivity contribution in [2.24, 2.45) is 5.41 Å². The summed E-state index contributed by atoms with van der Waals surface area (Å²) in [5.41, 5.74) is 2.85. The van der Waals surface area contributed by atoms with E-state index in [4.69, 9.17) is 9.97 Å². The number of thioether (sulfide) groups is 1. The third-order valence-corrected chi connectivity index (χ3v) is 5.76. The van der Waals surface area contributed by atoms with Crippen LogP contribution in [-0.4, -0.2) is 47.0 Å². The van der Waals surface area contributed by atoms with E-state index in [0.717, 1.165) is 31.0 Å². The van der Waals surface area contributed by atoms with Gasteiger partial charge in [-0.1, -0.05) is 13.8 Å². The van der Waals surface area contributed by atoms with Crippen molar-refractivity contribution in [3.8, 4) is 0 Å². The van der Waals surface area contributed by atoms with Gasteiger partial charge in [-0.2, -0.15) is 11.8 Å². The molecule has 1 saturated heterocycles. The van der Waals surface area contributed by atoms with E-state index < -0.39 is 0 Å². The second-order valence-corrected chi connectivity index (χ2v) is 8.24. The zero-order valence-electron chi connectivity index (χ0n) is 13.5. The standard InChI is InChI=1S/C16H26N4S/c1-16(2)7-12(17-3)11-9-18-15(19-13(11)8-16)14-10-21-6-5-20(14)4/h9,12,14,17H,5-8,10H2,1-4H3. The van der Waals surface area contributed by atoms with Gasteiger partial charge in [0, 0.05) is 41.5 Å². The molecule has 0 spiro atoms. The first kappa shape index (κ1) is 15.3. The SMILES string of the molecule is CNC1CC(C)(C)Cc2nc(C3CSCCN3C)ncc21. The van der Waals surface area contributed by atoms with Gasteiger partial charge < -0.3 is 5.32 Å². The molecule has 1 fully saturated rings. The molecule has 2 aliphatic rings. The molecule has 2 atom stereocenters. The third kappa shape index (κ3) is 3.10. The highest BCUT2D eigenvalue weighted by molar-refractivity contribution is 7.99. The number of nitrogens with one attached hydrogen (secondary N) is 1. The summed E-state index contributed by atoms with van der Waals surface area (Å²) in [6.45, 7) is 5.80. The number of aromatic nitrogens is 2. The Labute approximate surface area is 132 Å². The molecule has 2 unspecified atom stereocenters. The van der Waals surface area contributed by atoms with E-state index in [1.807, 2.05) is 18.8 Å². The highest BCUT2D eigenvalue weighted by atomic mass is 32.2. The molecule has 0 aromatic carbocycles. The minimum atomic E-state index is 0.305. The molecule has 2 heterocycles. The second-order valence-electron chi connectivity index (χ2n) is 7.09. The van der Waals surface area contributed by atoms with E-state index in [-0.39, 0.29) is 0 Å². The zero-order valence-corrected chi connectivity index (χ0v) is 14.3. The number of rotatable bonds is 2. The Morgan fingerprint density at radius 1 is 1.43 bits per heavy atom. The van der Waals surface area contributed by atoms with Crippen LogP contribution in [0.15, 0.2) is 6.20 Å². The summed E-state index contributed by atoms with van der Waals surface area (Å²) in [6, 6.07) is 0.753. The summed E-state index contributed by atoms with van der Waals surface area (Å²) in [6.07, 6.45) is 4.28. The van der Waals surface area contributed by atoms with E-state index in [2.05, 4.69) is 37.3 Å². The maximum Gasteiger partial charge on any atom is 0.146 e. The molecule has 116 valence electrons. The summed E-state index contributed by atoms with van der Waals surface area (Å²) in [7, 11) is 4.23. The molecule has 0 amide bonds. The highest BCUT2D eigenvalue weighted by Gasteiger charge is 2.34. The van der Waals surface area contributed by atoms with Crippen molar-refractivity contribution >= 4 is 11.8 Å². The van der Waals surface area contributed by atoms with Crippen LogP contribution in [0, 0.1) is 5.41 Å². The summed E-state index contributed by atoms with van der Waals surface area (Å²) < 4.78 is 0. The number of fused-ring (bicyclic) bond motifs is 1. The Balaban J connectivity index is 1.93. The highest BCUT2D eigenvalue weighted by Crippen LogP contribution is 2.40. The Kier molecular flexibility index (Phi) is 4.26. The smallest absolute Gasteiger partial charge is 0.146 e. The topological polar surface area (TPSA) is 41.1 Å². The molecular formula is C16H26N4S. The fourth-order valence-corrected chi connectivity index (χ4v) is 4.65. The predicted molar refractivity (Wildman–Crippen MR) is 88.6 cm³/mol. The Morgan fingerprint density at radius 3 is 2.95 bits per heavy atom. The van der Waals surface area contributed by atoms with E-state index in [9.17, 15) is 0 Å². The lowest BCUT2D eigenvalue weighted by Crippen LogP contribution is -2.36. The minimum Gasteiger partial charge on any atom is -0.313 e. The van der Waals surface area contributed by atoms with Crippen LogP contribution in [0.3, 0.4) is 0 Å². The molecule has 1 aromatic rings. The molecule has 4 nitrogen and oxygen atoms in total. The molecule has 21 heavy (non-hydrogen) atoms. The van der Waals surface area contributed by atoms with Crippen molar-refractivity contribution in [3.05, 3.63) is 23.3 Å². The first-order valence-electron chi connectivity index (χ1n) is 7.81. The first-order chi connectivity index (χ1) is 10.00. The average Bonchev–Trinajstić information content (AvgIpc) is 2.45. The van der Waals surface area contributed by atoms with Crippen molar-refractivity contribution < 1.29 is 0 Å². The Bertz CT molecular complexity index is 517. The summed E-state index contributed by atoms with van der Waals surface area (Å²) >= 11 is 2.01. The van der Waals surface area contributed by atoms with Crippen LogP contribution in [0.1, 0.15) is 49.4 Å². The van der Waals surface area contributed by atoms with Crippen molar-refractivity contribution in [1.29, 1.82) is 0 Å². The van der Waals surface area contributed by atoms with Crippen LogP contribution in [0.5, 0.6) is 0 Å². The van der Waals surface area contributed by atoms with Gasteiger partial charge in [0.25, 0.3) is 0 Å². The van der Waals surface area contributed by atoms with Crippen molar-refractivity contribution in [2.45, 2.75) is 38.8 Å². The van der Waals surface area contributed by atoms with Gasteiger partial charge in [0.2, 0.25) is 0 Å². The number of nitrogens with zero attached hydrogens (tertiary/aromatic N) is 3. The zero-order chi connectivity index (χ0) is 15.0. The summed E-state index contributed by atoms with van der Waals surface area (Å²) in [4.78, 5) is 12.1. The maximum atomic E-state index is 4.98. The van der Waals surface area contributed by atoms with Crippen molar-refractivity contribution in [1.82, 2.24) is 20.2 Å². The second kappa shape index (κ2) is 5.86. The van der Waals surface area contributed by atoms with Crippen LogP contribution in [0.4, 0.5) is 0 Å². The predicted octanol–water partition coefficient (Wildman–Crippen LogP) is 2.43. The molecule has 1 aliphatic carbocycles. The number of hydrogen-bond acceptors (Lipinski definition) is 5. The van der Waals surface area contributed by atoms with Gasteiger partial charge in [-0.25, -0.2) is 9.97 Å². The van der Waals surface area contributed by atoms with Gasteiger partial charge in [-0.05, 0) is 32.4 Å². The van der Waals surface area contributed by atoms with Gasteiger partial charge in [-0.15, -0.1) is 0 Å². The molecule has 1 N–H and O–H groups in total. The number of hydrogen-bond donors (Lipinski definition) is 1. The minimum absolute atomic E-state index is 0.305. The van der Waals surface area contributed by atoms with Crippen molar-refractivity contribution in [3.63, 3.8) is 0 Å². The monoisotopic (exact) mass is 306 g/mol. The van der Waals surface area contributed by atoms with E-state index in [1.165, 1.54) is 17.0 Å². The molecule has 5 heteroatoms. The lowest BCUT2D eigenvalue weighted by molar-refractivity contribution is 0.249. The molecule has 0 saturated carbocycles. The first-order valence-corrected chi connectivity index (χ1v) is 8.96. The lowest BCUT2D eigenvalue weighted by Gasteiger charge is -2.37. The molecule has 0 radical (unpaired) electrons. The average molecular weight is 306 g/mol. The van der Waals surface area contributed by atoms with Crippen LogP contribution in [-0.2, 0) is 6.42 Å². The van der Waals surface area contributed by atoms with E-state index in [1.54, 1.807) is 0 Å². The molecular weight excluding hydrogens is 280 g/mol. The molecule has 1 aliphatic heterocycles. The quantitative estimate of drug-likeness (QED) is 0.909. The van der Waals surface area contributed by atoms with Crippen LogP contribution in [0.25, 0.3) is 0 Å². The summed E-state index contributed by atoms with van der Waals surface area (Å²) in [5, 5.41) is 3.43. The van der Waals surface area contributed by atoms with E-state index >= 15 is 0 Å². The van der Waals surface area contributed by atoms with Crippen LogP contribution < -0.4 is 5.32 Å². The van der Waals surface area contributed by atoms with Gasteiger partial charge in [-0.3, -0.25) is 4.90 Å². The van der Waals surface area contributed by atoms with Gasteiger partial charge in [0.05, 0.1) is 6.04 Å². The third-order valence-electron chi connectivity index (χ3n) is 4.74. The Hall–Kier alpha value is -0.650. The fourth-order valence-electron chi connectivity index (χ4n) is 3.44. The van der Waals surface area contributed by atoms with Gasteiger partial charge in [0.15, 0.2) is 0 Å². The molecule has 3 rings (SSSR count). The lowest BCUT2D eigenvalue weighted by atomic mass is 9.74. The van der Waals surface area contributed by atoms with Gasteiger partial charge in [0.1, 0.15) is 5.82 Å². The summed E-state index contributed by atoms with van der Waals surface area (Å²) in [5.74, 6) is 3.33. The van der Waals surface area contributed by atoms with Gasteiger partial charge >= 0.3 is 0 Å². The van der Waals surface area contributed by atoms with Crippen LogP contribution in [0.2, 0.25) is 0 Å². The largest absolute Gasteiger partial charge is 0.313 e. The maximum absolute atomic E-state index is 4.98. The molecule has 1 aromatic heterocycles. The van der Waals surface area contributed by atoms with Crippen LogP contribution >= 0.6 is 11.8 Å².